The highest BCUT2D eigenvalue weighted by Crippen LogP contribution is 2.24. The van der Waals surface area contributed by atoms with Crippen LogP contribution in [0.3, 0.4) is 0 Å². The summed E-state index contributed by atoms with van der Waals surface area (Å²) >= 11 is 0. The average Bonchev–Trinajstić information content (AvgIpc) is 2.80. The van der Waals surface area contributed by atoms with E-state index < -0.39 is 0 Å². The molecular formula is C15H21FN4. The second kappa shape index (κ2) is 6.15. The van der Waals surface area contributed by atoms with Crippen molar-refractivity contribution in [3.05, 3.63) is 53.1 Å². The third kappa shape index (κ3) is 3.23. The largest absolute Gasteiger partial charge is 0.329 e. The van der Waals surface area contributed by atoms with Gasteiger partial charge in [-0.05, 0) is 20.0 Å². The molecule has 108 valence electrons. The Hall–Kier alpha value is -1.72. The van der Waals surface area contributed by atoms with Crippen LogP contribution in [0.5, 0.6) is 0 Å². The van der Waals surface area contributed by atoms with Gasteiger partial charge in [0.05, 0.1) is 6.20 Å². The predicted molar refractivity (Wildman–Crippen MR) is 77.6 cm³/mol. The van der Waals surface area contributed by atoms with E-state index in [1.807, 2.05) is 39.5 Å². The van der Waals surface area contributed by atoms with Gasteiger partial charge in [0.15, 0.2) is 0 Å². The molecule has 0 aliphatic carbocycles. The van der Waals surface area contributed by atoms with Gasteiger partial charge in [0.2, 0.25) is 0 Å². The normalized spacial score (nSPS) is 12.9. The molecule has 0 fully saturated rings. The van der Waals surface area contributed by atoms with E-state index in [-0.39, 0.29) is 11.9 Å². The van der Waals surface area contributed by atoms with Crippen LogP contribution in [0.1, 0.15) is 22.7 Å². The Labute approximate surface area is 119 Å². The van der Waals surface area contributed by atoms with E-state index in [2.05, 4.69) is 10.00 Å². The lowest BCUT2D eigenvalue weighted by Gasteiger charge is -2.27. The van der Waals surface area contributed by atoms with Crippen LogP contribution in [-0.2, 0) is 13.6 Å². The van der Waals surface area contributed by atoms with Crippen LogP contribution in [0, 0.1) is 12.7 Å². The molecule has 0 bridgehead atoms. The number of aromatic nitrogens is 2. The third-order valence-corrected chi connectivity index (χ3v) is 3.46. The molecule has 1 unspecified atom stereocenters. The Bertz CT molecular complexity index is 579. The fourth-order valence-electron chi connectivity index (χ4n) is 2.41. The summed E-state index contributed by atoms with van der Waals surface area (Å²) in [7, 11) is 3.83. The first-order chi connectivity index (χ1) is 9.51. The number of halogens is 1. The van der Waals surface area contributed by atoms with Crippen molar-refractivity contribution < 1.29 is 4.39 Å². The molecule has 0 saturated heterocycles. The molecule has 2 rings (SSSR count). The number of likely N-dealkylation sites (N-methyl/N-ethyl adjacent to an activating group) is 1. The molecule has 2 N–H and O–H groups in total. The lowest BCUT2D eigenvalue weighted by Crippen LogP contribution is -2.30. The van der Waals surface area contributed by atoms with Gasteiger partial charge in [-0.1, -0.05) is 17.7 Å². The lowest BCUT2D eigenvalue weighted by molar-refractivity contribution is 0.236. The van der Waals surface area contributed by atoms with Crippen LogP contribution < -0.4 is 5.73 Å². The molecule has 20 heavy (non-hydrogen) atoms. The summed E-state index contributed by atoms with van der Waals surface area (Å²) in [6.07, 6.45) is 3.77. The molecule has 4 nitrogen and oxygen atoms in total. The fraction of sp³-hybridized carbons (Fsp3) is 0.400. The highest BCUT2D eigenvalue weighted by molar-refractivity contribution is 5.27. The molecule has 0 saturated carbocycles. The minimum absolute atomic E-state index is 0.143. The first kappa shape index (κ1) is 14.7. The highest BCUT2D eigenvalue weighted by atomic mass is 19.1. The average molecular weight is 276 g/mol. The van der Waals surface area contributed by atoms with Gasteiger partial charge in [-0.3, -0.25) is 9.58 Å². The van der Waals surface area contributed by atoms with Crippen molar-refractivity contribution in [2.75, 3.05) is 13.6 Å². The molecule has 2 aromatic rings. The van der Waals surface area contributed by atoms with Crippen molar-refractivity contribution in [1.29, 1.82) is 0 Å². The Kier molecular flexibility index (Phi) is 4.52. The summed E-state index contributed by atoms with van der Waals surface area (Å²) in [5.41, 5.74) is 8.63. The SMILES string of the molecule is Cc1ccc(F)c(C(CN)N(C)Cc2cnn(C)c2)c1. The van der Waals surface area contributed by atoms with Gasteiger partial charge in [0.25, 0.3) is 0 Å². The number of nitrogens with zero attached hydrogens (tertiary/aromatic N) is 3. The maximum atomic E-state index is 14.0. The number of hydrogen-bond acceptors (Lipinski definition) is 3. The molecule has 0 aliphatic rings. The Morgan fingerprint density at radius 2 is 2.20 bits per heavy atom. The van der Waals surface area contributed by atoms with Gasteiger partial charge in [0, 0.05) is 43.5 Å². The summed E-state index contributed by atoms with van der Waals surface area (Å²) in [4.78, 5) is 2.05. The van der Waals surface area contributed by atoms with Crippen LogP contribution in [0.25, 0.3) is 0 Å². The molecule has 1 atom stereocenters. The smallest absolute Gasteiger partial charge is 0.128 e. The van der Waals surface area contributed by atoms with Crippen molar-refractivity contribution in [1.82, 2.24) is 14.7 Å². The monoisotopic (exact) mass is 276 g/mol. The second-order valence-corrected chi connectivity index (χ2v) is 5.21. The van der Waals surface area contributed by atoms with E-state index >= 15 is 0 Å². The topological polar surface area (TPSA) is 47.1 Å². The maximum Gasteiger partial charge on any atom is 0.128 e. The zero-order chi connectivity index (χ0) is 14.7. The molecule has 5 heteroatoms. The van der Waals surface area contributed by atoms with Crippen LogP contribution in [0.4, 0.5) is 4.39 Å². The van der Waals surface area contributed by atoms with Crippen molar-refractivity contribution in [3.63, 3.8) is 0 Å². The molecule has 0 aliphatic heterocycles. The lowest BCUT2D eigenvalue weighted by atomic mass is 10.0. The Morgan fingerprint density at radius 3 is 2.80 bits per heavy atom. The van der Waals surface area contributed by atoms with Crippen molar-refractivity contribution >= 4 is 0 Å². The standard InChI is InChI=1S/C15H21FN4/c1-11-4-5-14(16)13(6-11)15(7-17)19(2)9-12-8-18-20(3)10-12/h4-6,8,10,15H,7,9,17H2,1-3H3. The minimum Gasteiger partial charge on any atom is -0.329 e. The number of benzene rings is 1. The Balaban J connectivity index is 2.20. The number of aryl methyl sites for hydroxylation is 2. The molecule has 1 aromatic carbocycles. The summed E-state index contributed by atoms with van der Waals surface area (Å²) < 4.78 is 15.8. The maximum absolute atomic E-state index is 14.0. The number of hydrogen-bond donors (Lipinski definition) is 1. The molecule has 0 spiro atoms. The molecular weight excluding hydrogens is 255 g/mol. The van der Waals surface area contributed by atoms with Crippen LogP contribution in [-0.4, -0.2) is 28.3 Å². The fourth-order valence-corrected chi connectivity index (χ4v) is 2.41. The zero-order valence-electron chi connectivity index (χ0n) is 12.2. The molecule has 1 aromatic heterocycles. The van der Waals surface area contributed by atoms with Crippen LogP contribution in [0.15, 0.2) is 30.6 Å². The van der Waals surface area contributed by atoms with E-state index in [9.17, 15) is 4.39 Å². The van der Waals surface area contributed by atoms with E-state index in [1.54, 1.807) is 10.7 Å². The third-order valence-electron chi connectivity index (χ3n) is 3.46. The van der Waals surface area contributed by atoms with Gasteiger partial charge >= 0.3 is 0 Å². The van der Waals surface area contributed by atoms with Gasteiger partial charge in [-0.2, -0.15) is 5.10 Å². The molecule has 1 heterocycles. The summed E-state index contributed by atoms with van der Waals surface area (Å²) in [6, 6.07) is 5.00. The van der Waals surface area contributed by atoms with Gasteiger partial charge in [0.1, 0.15) is 5.82 Å². The first-order valence-electron chi connectivity index (χ1n) is 6.65. The van der Waals surface area contributed by atoms with E-state index in [0.29, 0.717) is 18.7 Å². The summed E-state index contributed by atoms with van der Waals surface area (Å²) in [6.45, 7) is 3.01. The summed E-state index contributed by atoms with van der Waals surface area (Å²) in [5.74, 6) is -0.205. The van der Waals surface area contributed by atoms with E-state index in [1.165, 1.54) is 6.07 Å². The van der Waals surface area contributed by atoms with Crippen molar-refractivity contribution in [2.24, 2.45) is 12.8 Å². The molecule has 0 radical (unpaired) electrons. The second-order valence-electron chi connectivity index (χ2n) is 5.21. The van der Waals surface area contributed by atoms with Gasteiger partial charge < -0.3 is 5.73 Å². The zero-order valence-corrected chi connectivity index (χ0v) is 12.2. The predicted octanol–water partition coefficient (Wildman–Crippen LogP) is 2.00. The van der Waals surface area contributed by atoms with E-state index in [4.69, 9.17) is 5.73 Å². The number of rotatable bonds is 5. The Morgan fingerprint density at radius 1 is 1.45 bits per heavy atom. The van der Waals surface area contributed by atoms with Gasteiger partial charge in [-0.15, -0.1) is 0 Å². The van der Waals surface area contributed by atoms with Gasteiger partial charge in [-0.25, -0.2) is 4.39 Å². The quantitative estimate of drug-likeness (QED) is 0.908. The van der Waals surface area contributed by atoms with Crippen LogP contribution >= 0.6 is 0 Å². The molecule has 0 amide bonds. The van der Waals surface area contributed by atoms with Crippen molar-refractivity contribution in [3.8, 4) is 0 Å². The van der Waals surface area contributed by atoms with Crippen molar-refractivity contribution in [2.45, 2.75) is 19.5 Å². The highest BCUT2D eigenvalue weighted by Gasteiger charge is 2.19. The number of nitrogens with two attached hydrogens (primary N) is 1. The summed E-state index contributed by atoms with van der Waals surface area (Å²) in [5, 5.41) is 4.14. The first-order valence-corrected chi connectivity index (χ1v) is 6.65. The van der Waals surface area contributed by atoms with Crippen LogP contribution in [0.2, 0.25) is 0 Å². The van der Waals surface area contributed by atoms with E-state index in [0.717, 1.165) is 11.1 Å². The minimum atomic E-state index is -0.205.